The van der Waals surface area contributed by atoms with Crippen molar-refractivity contribution in [2.24, 2.45) is 0 Å². The second-order valence-corrected chi connectivity index (χ2v) is 1.99. The van der Waals surface area contributed by atoms with Crippen LogP contribution in [0.2, 0.25) is 0 Å². The maximum atomic E-state index is 11.5. The van der Waals surface area contributed by atoms with E-state index < -0.39 is 5.97 Å². The van der Waals surface area contributed by atoms with E-state index in [-0.39, 0.29) is 6.67 Å². The molecule has 0 heterocycles. The fourth-order valence-corrected chi connectivity index (χ4v) is 0.537. The zero-order valence-corrected chi connectivity index (χ0v) is 6.22. The van der Waals surface area contributed by atoms with Gasteiger partial charge < -0.3 is 10.4 Å². The summed E-state index contributed by atoms with van der Waals surface area (Å²) >= 11 is 0. The fraction of sp³-hybridized carbons (Fsp3) is 0.571. The number of carboxylic acids is 1. The second-order valence-electron chi connectivity index (χ2n) is 1.99. The third kappa shape index (κ3) is 9.10. The Morgan fingerprint density at radius 1 is 1.64 bits per heavy atom. The quantitative estimate of drug-likeness (QED) is 0.442. The van der Waals surface area contributed by atoms with Gasteiger partial charge in [0.25, 0.3) is 0 Å². The number of halogens is 1. The van der Waals surface area contributed by atoms with Crippen molar-refractivity contribution in [1.29, 1.82) is 0 Å². The van der Waals surface area contributed by atoms with Crippen molar-refractivity contribution in [3.63, 3.8) is 0 Å². The molecule has 0 unspecified atom stereocenters. The predicted octanol–water partition coefficient (Wildman–Crippen LogP) is 0.576. The van der Waals surface area contributed by atoms with Crippen LogP contribution >= 0.6 is 0 Å². The van der Waals surface area contributed by atoms with E-state index >= 15 is 0 Å². The minimum absolute atomic E-state index is 0.338. The van der Waals surface area contributed by atoms with Gasteiger partial charge in [-0.25, -0.2) is 4.79 Å². The predicted molar refractivity (Wildman–Crippen MR) is 40.2 cm³/mol. The average molecular weight is 161 g/mol. The smallest absolute Gasteiger partial charge is 0.328 e. The van der Waals surface area contributed by atoms with E-state index in [1.807, 2.05) is 0 Å². The first-order valence-electron chi connectivity index (χ1n) is 3.43. The molecule has 0 aromatic carbocycles. The molecule has 0 fully saturated rings. The van der Waals surface area contributed by atoms with Gasteiger partial charge in [0.15, 0.2) is 0 Å². The van der Waals surface area contributed by atoms with E-state index in [0.29, 0.717) is 19.5 Å². The van der Waals surface area contributed by atoms with Crippen LogP contribution in [0.15, 0.2) is 12.2 Å². The topological polar surface area (TPSA) is 49.3 Å². The number of hydrogen-bond donors (Lipinski definition) is 2. The zero-order valence-electron chi connectivity index (χ0n) is 6.22. The molecule has 64 valence electrons. The molecule has 0 spiro atoms. The molecule has 3 nitrogen and oxygen atoms in total. The number of rotatable bonds is 6. The summed E-state index contributed by atoms with van der Waals surface area (Å²) in [7, 11) is 0. The molecule has 0 aromatic rings. The largest absolute Gasteiger partial charge is 0.478 e. The standard InChI is InChI=1S/C7H12FNO2/c8-4-2-6-9-5-1-3-7(10)11/h1,3,9H,2,4-6H2,(H,10,11)/b3-1+. The fourth-order valence-electron chi connectivity index (χ4n) is 0.537. The highest BCUT2D eigenvalue weighted by molar-refractivity contribution is 5.79. The molecule has 0 radical (unpaired) electrons. The molecule has 0 amide bonds. The molecule has 0 aliphatic rings. The van der Waals surface area contributed by atoms with E-state index in [4.69, 9.17) is 5.11 Å². The minimum Gasteiger partial charge on any atom is -0.478 e. The van der Waals surface area contributed by atoms with Crippen LogP contribution in [0, 0.1) is 0 Å². The number of alkyl halides is 1. The Balaban J connectivity index is 3.07. The summed E-state index contributed by atoms with van der Waals surface area (Å²) in [6, 6.07) is 0. The van der Waals surface area contributed by atoms with Crippen molar-refractivity contribution >= 4 is 5.97 Å². The lowest BCUT2D eigenvalue weighted by Crippen LogP contribution is -2.15. The average Bonchev–Trinajstić information content (AvgIpc) is 1.96. The lowest BCUT2D eigenvalue weighted by molar-refractivity contribution is -0.131. The first kappa shape index (κ1) is 10.1. The highest BCUT2D eigenvalue weighted by Gasteiger charge is 1.85. The maximum Gasteiger partial charge on any atom is 0.328 e. The summed E-state index contributed by atoms with van der Waals surface area (Å²) in [5.74, 6) is -0.961. The molecule has 4 heteroatoms. The van der Waals surface area contributed by atoms with Gasteiger partial charge in [0.1, 0.15) is 0 Å². The van der Waals surface area contributed by atoms with Crippen LogP contribution in [0.4, 0.5) is 4.39 Å². The number of nitrogens with one attached hydrogen (secondary N) is 1. The van der Waals surface area contributed by atoms with E-state index in [9.17, 15) is 9.18 Å². The van der Waals surface area contributed by atoms with Crippen molar-refractivity contribution < 1.29 is 14.3 Å². The Morgan fingerprint density at radius 2 is 2.36 bits per heavy atom. The van der Waals surface area contributed by atoms with E-state index in [1.165, 1.54) is 6.08 Å². The normalized spacial score (nSPS) is 10.6. The molecule has 2 N–H and O–H groups in total. The molecule has 0 aliphatic heterocycles. The highest BCUT2D eigenvalue weighted by Crippen LogP contribution is 1.77. The molecule has 0 saturated carbocycles. The molecule has 0 bridgehead atoms. The van der Waals surface area contributed by atoms with Crippen molar-refractivity contribution in [2.75, 3.05) is 19.8 Å². The van der Waals surface area contributed by atoms with E-state index in [0.717, 1.165) is 6.08 Å². The molecule has 0 atom stereocenters. The van der Waals surface area contributed by atoms with Crippen molar-refractivity contribution in [2.45, 2.75) is 6.42 Å². The summed E-state index contributed by atoms with van der Waals surface area (Å²) in [5, 5.41) is 11.0. The van der Waals surface area contributed by atoms with Gasteiger partial charge in [-0.2, -0.15) is 0 Å². The summed E-state index contributed by atoms with van der Waals surface area (Å²) in [6.45, 7) is 0.725. The van der Waals surface area contributed by atoms with Crippen molar-refractivity contribution in [3.05, 3.63) is 12.2 Å². The lowest BCUT2D eigenvalue weighted by atomic mass is 10.4. The Kier molecular flexibility index (Phi) is 6.62. The second kappa shape index (κ2) is 7.21. The van der Waals surface area contributed by atoms with Gasteiger partial charge in [0, 0.05) is 12.6 Å². The molecule has 0 rings (SSSR count). The Morgan fingerprint density at radius 3 is 2.91 bits per heavy atom. The molecule has 0 aliphatic carbocycles. The van der Waals surface area contributed by atoms with Gasteiger partial charge in [0.05, 0.1) is 6.67 Å². The Bertz CT molecular complexity index is 136. The number of carboxylic acid groups (broad SMARTS) is 1. The van der Waals surface area contributed by atoms with Crippen LogP contribution < -0.4 is 5.32 Å². The minimum atomic E-state index is -0.961. The number of carbonyl (C=O) groups is 1. The van der Waals surface area contributed by atoms with Crippen LogP contribution in [0.1, 0.15) is 6.42 Å². The van der Waals surface area contributed by atoms with Crippen LogP contribution in [0.3, 0.4) is 0 Å². The Labute approximate surface area is 64.9 Å². The van der Waals surface area contributed by atoms with E-state index in [1.54, 1.807) is 0 Å². The first-order valence-corrected chi connectivity index (χ1v) is 3.43. The monoisotopic (exact) mass is 161 g/mol. The summed E-state index contributed by atoms with van der Waals surface area (Å²) in [5.41, 5.74) is 0. The van der Waals surface area contributed by atoms with Crippen LogP contribution in [0.5, 0.6) is 0 Å². The zero-order chi connectivity index (χ0) is 8.53. The third-order valence-corrected chi connectivity index (χ3v) is 1.01. The van der Waals surface area contributed by atoms with E-state index in [2.05, 4.69) is 5.32 Å². The van der Waals surface area contributed by atoms with Gasteiger partial charge in [-0.15, -0.1) is 0 Å². The Hall–Kier alpha value is -0.900. The van der Waals surface area contributed by atoms with Crippen LogP contribution in [-0.4, -0.2) is 30.8 Å². The SMILES string of the molecule is O=C(O)/C=C/CNCCCF. The van der Waals surface area contributed by atoms with Gasteiger partial charge in [-0.3, -0.25) is 4.39 Å². The summed E-state index contributed by atoms with van der Waals surface area (Å²) in [6.07, 6.45) is 3.02. The summed E-state index contributed by atoms with van der Waals surface area (Å²) in [4.78, 5) is 9.91. The maximum absolute atomic E-state index is 11.5. The van der Waals surface area contributed by atoms with Crippen molar-refractivity contribution in [1.82, 2.24) is 5.32 Å². The third-order valence-electron chi connectivity index (χ3n) is 1.01. The van der Waals surface area contributed by atoms with Gasteiger partial charge in [-0.05, 0) is 13.0 Å². The van der Waals surface area contributed by atoms with Gasteiger partial charge >= 0.3 is 5.97 Å². The molecular weight excluding hydrogens is 149 g/mol. The van der Waals surface area contributed by atoms with Gasteiger partial charge in [0.2, 0.25) is 0 Å². The summed E-state index contributed by atoms with van der Waals surface area (Å²) < 4.78 is 11.5. The molecule has 0 saturated heterocycles. The number of aliphatic carboxylic acids is 1. The highest BCUT2D eigenvalue weighted by atomic mass is 19.1. The first-order chi connectivity index (χ1) is 5.27. The number of hydrogen-bond acceptors (Lipinski definition) is 2. The van der Waals surface area contributed by atoms with Crippen LogP contribution in [0.25, 0.3) is 0 Å². The van der Waals surface area contributed by atoms with Crippen LogP contribution in [-0.2, 0) is 4.79 Å². The molecule has 11 heavy (non-hydrogen) atoms. The molecular formula is C7H12FNO2. The van der Waals surface area contributed by atoms with Gasteiger partial charge in [-0.1, -0.05) is 6.08 Å². The van der Waals surface area contributed by atoms with Crippen molar-refractivity contribution in [3.8, 4) is 0 Å². The molecule has 0 aromatic heterocycles. The lowest BCUT2D eigenvalue weighted by Gasteiger charge is -1.95.